The molecule has 53 valence electrons. The number of rotatable bonds is 0. The molecular formula is C9H5O2. The average molecular weight is 145 g/mol. The third-order valence-corrected chi connectivity index (χ3v) is 1.79. The van der Waals surface area contributed by atoms with Gasteiger partial charge in [-0.2, -0.15) is 0 Å². The highest BCUT2D eigenvalue weighted by molar-refractivity contribution is 6.24. The van der Waals surface area contributed by atoms with E-state index in [1.807, 2.05) is 0 Å². The molecule has 11 heavy (non-hydrogen) atoms. The first kappa shape index (κ1) is 6.28. The van der Waals surface area contributed by atoms with Gasteiger partial charge in [0.05, 0.1) is 6.42 Å². The zero-order valence-electron chi connectivity index (χ0n) is 5.76. The topological polar surface area (TPSA) is 34.1 Å². The second kappa shape index (κ2) is 2.02. The van der Waals surface area contributed by atoms with Crippen molar-refractivity contribution in [3.63, 3.8) is 0 Å². The fraction of sp³-hybridized carbons (Fsp3) is 0.111. The van der Waals surface area contributed by atoms with Crippen LogP contribution < -0.4 is 0 Å². The molecule has 0 N–H and O–H groups in total. The first-order valence-electron chi connectivity index (χ1n) is 3.35. The molecular weight excluding hydrogens is 140 g/mol. The number of benzene rings is 1. The molecule has 1 aromatic carbocycles. The van der Waals surface area contributed by atoms with Gasteiger partial charge in [-0.25, -0.2) is 0 Å². The van der Waals surface area contributed by atoms with Crippen molar-refractivity contribution in [1.29, 1.82) is 0 Å². The molecule has 2 heteroatoms. The van der Waals surface area contributed by atoms with E-state index < -0.39 is 0 Å². The van der Waals surface area contributed by atoms with Crippen LogP contribution in [0.15, 0.2) is 18.2 Å². The summed E-state index contributed by atoms with van der Waals surface area (Å²) in [5.74, 6) is -0.152. The Hall–Kier alpha value is -1.44. The van der Waals surface area contributed by atoms with Crippen LogP contribution in [-0.4, -0.2) is 11.6 Å². The number of fused-ring (bicyclic) bond motifs is 1. The summed E-state index contributed by atoms with van der Waals surface area (Å²) < 4.78 is 0. The largest absolute Gasteiger partial charge is 0.294 e. The second-order valence-corrected chi connectivity index (χ2v) is 2.49. The fourth-order valence-corrected chi connectivity index (χ4v) is 1.24. The van der Waals surface area contributed by atoms with Gasteiger partial charge in [0.15, 0.2) is 11.6 Å². The zero-order chi connectivity index (χ0) is 7.84. The highest BCUT2D eigenvalue weighted by Crippen LogP contribution is 2.20. The maximum absolute atomic E-state index is 11.0. The normalized spacial score (nSPS) is 15.3. The summed E-state index contributed by atoms with van der Waals surface area (Å²) in [4.78, 5) is 22.1. The van der Waals surface area contributed by atoms with Crippen LogP contribution >= 0.6 is 0 Å². The summed E-state index contributed by atoms with van der Waals surface area (Å²) in [6.07, 6.45) is 0.0349. The molecule has 2 rings (SSSR count). The van der Waals surface area contributed by atoms with Crippen LogP contribution in [0.5, 0.6) is 0 Å². The van der Waals surface area contributed by atoms with Gasteiger partial charge in [0.25, 0.3) is 0 Å². The molecule has 1 radical (unpaired) electrons. The van der Waals surface area contributed by atoms with Gasteiger partial charge in [-0.15, -0.1) is 0 Å². The smallest absolute Gasteiger partial charge is 0.171 e. The average Bonchev–Trinajstić information content (AvgIpc) is 2.30. The van der Waals surface area contributed by atoms with Crippen molar-refractivity contribution in [2.75, 3.05) is 0 Å². The Balaban J connectivity index is 2.69. The predicted octanol–water partition coefficient (Wildman–Crippen LogP) is 1.26. The number of hydrogen-bond donors (Lipinski definition) is 0. The molecule has 2 nitrogen and oxygen atoms in total. The molecule has 0 aliphatic heterocycles. The Labute approximate surface area is 63.8 Å². The monoisotopic (exact) mass is 145 g/mol. The van der Waals surface area contributed by atoms with Crippen LogP contribution in [0.1, 0.15) is 27.1 Å². The molecule has 0 aromatic heterocycles. The minimum absolute atomic E-state index is 0.0349. The SMILES string of the molecule is O=C1CC(=O)c2cc[c]cc21. The third-order valence-electron chi connectivity index (χ3n) is 1.79. The van der Waals surface area contributed by atoms with Crippen molar-refractivity contribution in [2.24, 2.45) is 0 Å². The number of hydrogen-bond acceptors (Lipinski definition) is 2. The van der Waals surface area contributed by atoms with E-state index in [2.05, 4.69) is 6.07 Å². The Bertz CT molecular complexity index is 306. The van der Waals surface area contributed by atoms with Crippen molar-refractivity contribution in [1.82, 2.24) is 0 Å². The molecule has 1 aromatic rings. The Morgan fingerprint density at radius 1 is 1.18 bits per heavy atom. The van der Waals surface area contributed by atoms with Crippen molar-refractivity contribution in [3.05, 3.63) is 35.4 Å². The summed E-state index contributed by atoms with van der Waals surface area (Å²) in [6.45, 7) is 0. The highest BCUT2D eigenvalue weighted by Gasteiger charge is 2.25. The number of carbonyl (C=O) groups excluding carboxylic acids is 2. The van der Waals surface area contributed by atoms with Crippen molar-refractivity contribution in [3.8, 4) is 0 Å². The van der Waals surface area contributed by atoms with Crippen LogP contribution in [-0.2, 0) is 0 Å². The standard InChI is InChI=1S/C9H5O2/c10-8-5-9(11)7-4-2-1-3-6(7)8/h1,3-4H,5H2. The van der Waals surface area contributed by atoms with Gasteiger partial charge in [-0.05, 0) is 12.1 Å². The lowest BCUT2D eigenvalue weighted by atomic mass is 10.1. The summed E-state index contributed by atoms with van der Waals surface area (Å²) in [5, 5.41) is 0. The van der Waals surface area contributed by atoms with E-state index in [4.69, 9.17) is 0 Å². The van der Waals surface area contributed by atoms with Gasteiger partial charge in [0, 0.05) is 11.1 Å². The minimum atomic E-state index is -0.0816. The van der Waals surface area contributed by atoms with Gasteiger partial charge in [0.2, 0.25) is 0 Å². The predicted molar refractivity (Wildman–Crippen MR) is 38.6 cm³/mol. The molecule has 0 amide bonds. The molecule has 0 spiro atoms. The zero-order valence-corrected chi connectivity index (χ0v) is 5.76. The first-order valence-corrected chi connectivity index (χ1v) is 3.35. The van der Waals surface area contributed by atoms with Gasteiger partial charge in [-0.3, -0.25) is 9.59 Å². The van der Waals surface area contributed by atoms with Gasteiger partial charge in [0.1, 0.15) is 0 Å². The van der Waals surface area contributed by atoms with Crippen LogP contribution in [0.4, 0.5) is 0 Å². The summed E-state index contributed by atoms with van der Waals surface area (Å²) in [6, 6.07) is 7.63. The van der Waals surface area contributed by atoms with E-state index in [1.165, 1.54) is 0 Å². The molecule has 0 unspecified atom stereocenters. The number of ketones is 2. The molecule has 0 saturated carbocycles. The minimum Gasteiger partial charge on any atom is -0.294 e. The van der Waals surface area contributed by atoms with Crippen molar-refractivity contribution >= 4 is 11.6 Å². The highest BCUT2D eigenvalue weighted by atomic mass is 16.2. The van der Waals surface area contributed by atoms with E-state index in [0.29, 0.717) is 11.1 Å². The van der Waals surface area contributed by atoms with E-state index in [0.717, 1.165) is 0 Å². The van der Waals surface area contributed by atoms with E-state index >= 15 is 0 Å². The summed E-state index contributed by atoms with van der Waals surface area (Å²) >= 11 is 0. The lowest BCUT2D eigenvalue weighted by molar-refractivity contribution is 0.0923. The molecule has 0 atom stereocenters. The van der Waals surface area contributed by atoms with Gasteiger partial charge >= 0.3 is 0 Å². The molecule has 0 saturated heterocycles. The van der Waals surface area contributed by atoms with E-state index in [1.54, 1.807) is 18.2 Å². The van der Waals surface area contributed by atoms with Gasteiger partial charge in [-0.1, -0.05) is 12.1 Å². The van der Waals surface area contributed by atoms with Crippen LogP contribution in [0.2, 0.25) is 0 Å². The molecule has 0 bridgehead atoms. The maximum atomic E-state index is 11.0. The number of Topliss-reactive ketones (excluding diaryl/α,β-unsaturated/α-hetero) is 2. The quantitative estimate of drug-likeness (QED) is 0.515. The van der Waals surface area contributed by atoms with Crippen LogP contribution in [0.3, 0.4) is 0 Å². The maximum Gasteiger partial charge on any atom is 0.171 e. The van der Waals surface area contributed by atoms with E-state index in [9.17, 15) is 9.59 Å². The lowest BCUT2D eigenvalue weighted by Gasteiger charge is -1.90. The van der Waals surface area contributed by atoms with Gasteiger partial charge < -0.3 is 0 Å². The Morgan fingerprint density at radius 2 is 1.91 bits per heavy atom. The summed E-state index contributed by atoms with van der Waals surface area (Å²) in [5.41, 5.74) is 1.08. The Kier molecular flexibility index (Phi) is 1.15. The van der Waals surface area contributed by atoms with Crippen molar-refractivity contribution in [2.45, 2.75) is 6.42 Å². The molecule has 1 aliphatic carbocycles. The molecule has 0 fully saturated rings. The lowest BCUT2D eigenvalue weighted by Crippen LogP contribution is -1.90. The first-order chi connectivity index (χ1) is 5.29. The fourth-order valence-electron chi connectivity index (χ4n) is 1.24. The third kappa shape index (κ3) is 0.792. The molecule has 1 aliphatic rings. The van der Waals surface area contributed by atoms with Crippen LogP contribution in [0, 0.1) is 6.07 Å². The second-order valence-electron chi connectivity index (χ2n) is 2.49. The van der Waals surface area contributed by atoms with Crippen LogP contribution in [0.25, 0.3) is 0 Å². The Morgan fingerprint density at radius 3 is 2.64 bits per heavy atom. The van der Waals surface area contributed by atoms with Crippen molar-refractivity contribution < 1.29 is 9.59 Å². The molecule has 0 heterocycles. The number of carbonyl (C=O) groups is 2. The van der Waals surface area contributed by atoms with E-state index in [-0.39, 0.29) is 18.0 Å². The summed E-state index contributed by atoms with van der Waals surface area (Å²) in [7, 11) is 0.